The Morgan fingerprint density at radius 1 is 1.38 bits per heavy atom. The van der Waals surface area contributed by atoms with Crippen LogP contribution in [0.5, 0.6) is 0 Å². The summed E-state index contributed by atoms with van der Waals surface area (Å²) in [6, 6.07) is 7.87. The molecule has 13 heavy (non-hydrogen) atoms. The van der Waals surface area contributed by atoms with Crippen molar-refractivity contribution in [1.29, 1.82) is 0 Å². The van der Waals surface area contributed by atoms with Gasteiger partial charge in [0.2, 0.25) is 0 Å². The van der Waals surface area contributed by atoms with Crippen LogP contribution in [-0.2, 0) is 0 Å². The van der Waals surface area contributed by atoms with Crippen molar-refractivity contribution >= 4 is 17.2 Å². The Bertz CT molecular complexity index is 431. The number of fused-ring (bicyclic) bond motifs is 1. The largest absolute Gasteiger partial charge is 0.464 e. The van der Waals surface area contributed by atoms with E-state index >= 15 is 0 Å². The Hall–Kier alpha value is -1.77. The lowest BCUT2D eigenvalue weighted by Crippen LogP contribution is -1.94. The first-order valence-corrected chi connectivity index (χ1v) is 4.07. The number of benzene rings is 1. The Balaban J connectivity index is 2.42. The van der Waals surface area contributed by atoms with Gasteiger partial charge in [0.15, 0.2) is 0 Å². The molecule has 1 aromatic carbocycles. The zero-order valence-electron chi connectivity index (χ0n) is 7.32. The third-order valence-corrected chi connectivity index (χ3v) is 1.82. The predicted molar refractivity (Wildman–Crippen MR) is 52.9 cm³/mol. The summed E-state index contributed by atoms with van der Waals surface area (Å²) in [6.45, 7) is 0. The maximum absolute atomic E-state index is 5.22. The Morgan fingerprint density at radius 2 is 2.31 bits per heavy atom. The summed E-state index contributed by atoms with van der Waals surface area (Å²) in [5, 5.41) is 5.02. The minimum Gasteiger partial charge on any atom is -0.464 e. The summed E-state index contributed by atoms with van der Waals surface area (Å²) in [5.41, 5.74) is 4.67. The second kappa shape index (κ2) is 3.31. The van der Waals surface area contributed by atoms with E-state index in [1.54, 1.807) is 19.5 Å². The molecule has 2 rings (SSSR count). The van der Waals surface area contributed by atoms with Crippen LogP contribution in [0, 0.1) is 0 Å². The highest BCUT2D eigenvalue weighted by atomic mass is 16.3. The SMILES string of the molecule is CNN=Cc1ccc2occc2c1. The molecule has 0 radical (unpaired) electrons. The van der Waals surface area contributed by atoms with E-state index in [1.807, 2.05) is 24.3 Å². The van der Waals surface area contributed by atoms with Crippen molar-refractivity contribution in [1.82, 2.24) is 5.43 Å². The molecule has 3 nitrogen and oxygen atoms in total. The van der Waals surface area contributed by atoms with Gasteiger partial charge in [-0.25, -0.2) is 0 Å². The molecule has 0 unspecified atom stereocenters. The van der Waals surface area contributed by atoms with Crippen LogP contribution in [0.3, 0.4) is 0 Å². The van der Waals surface area contributed by atoms with Gasteiger partial charge in [0, 0.05) is 12.4 Å². The van der Waals surface area contributed by atoms with Crippen molar-refractivity contribution in [3.05, 3.63) is 36.1 Å². The van der Waals surface area contributed by atoms with Crippen LogP contribution in [-0.4, -0.2) is 13.3 Å². The molecule has 66 valence electrons. The topological polar surface area (TPSA) is 37.5 Å². The van der Waals surface area contributed by atoms with E-state index in [9.17, 15) is 0 Å². The first kappa shape index (κ1) is 7.86. The van der Waals surface area contributed by atoms with Crippen molar-refractivity contribution in [2.75, 3.05) is 7.05 Å². The third kappa shape index (κ3) is 1.54. The lowest BCUT2D eigenvalue weighted by molar-refractivity contribution is 0.616. The first-order valence-electron chi connectivity index (χ1n) is 4.07. The predicted octanol–water partition coefficient (Wildman–Crippen LogP) is 1.99. The molecule has 0 aliphatic carbocycles. The van der Waals surface area contributed by atoms with E-state index < -0.39 is 0 Å². The smallest absolute Gasteiger partial charge is 0.133 e. The highest BCUT2D eigenvalue weighted by Crippen LogP contribution is 2.15. The van der Waals surface area contributed by atoms with E-state index in [0.717, 1.165) is 16.5 Å². The summed E-state index contributed by atoms with van der Waals surface area (Å²) in [7, 11) is 1.77. The van der Waals surface area contributed by atoms with Crippen molar-refractivity contribution in [3.63, 3.8) is 0 Å². The molecular weight excluding hydrogens is 164 g/mol. The van der Waals surface area contributed by atoms with E-state index in [0.29, 0.717) is 0 Å². The molecule has 0 amide bonds. The molecule has 0 aliphatic rings. The monoisotopic (exact) mass is 174 g/mol. The number of hydrogen-bond donors (Lipinski definition) is 1. The van der Waals surface area contributed by atoms with Crippen LogP contribution in [0.4, 0.5) is 0 Å². The number of nitrogens with one attached hydrogen (secondary N) is 1. The minimum atomic E-state index is 0.904. The number of furan rings is 1. The van der Waals surface area contributed by atoms with E-state index in [4.69, 9.17) is 4.42 Å². The second-order valence-corrected chi connectivity index (χ2v) is 2.70. The zero-order valence-corrected chi connectivity index (χ0v) is 7.32. The molecule has 0 atom stereocenters. The van der Waals surface area contributed by atoms with Gasteiger partial charge in [0.25, 0.3) is 0 Å². The van der Waals surface area contributed by atoms with Crippen LogP contribution in [0.15, 0.2) is 40.0 Å². The second-order valence-electron chi connectivity index (χ2n) is 2.70. The quantitative estimate of drug-likeness (QED) is 0.558. The van der Waals surface area contributed by atoms with Crippen molar-refractivity contribution in [2.24, 2.45) is 5.10 Å². The van der Waals surface area contributed by atoms with Gasteiger partial charge in [0.1, 0.15) is 5.58 Å². The number of hydrazone groups is 1. The number of hydrogen-bond acceptors (Lipinski definition) is 3. The van der Waals surface area contributed by atoms with Crippen LogP contribution in [0.2, 0.25) is 0 Å². The van der Waals surface area contributed by atoms with Crippen molar-refractivity contribution in [3.8, 4) is 0 Å². The van der Waals surface area contributed by atoms with E-state index in [1.165, 1.54) is 0 Å². The van der Waals surface area contributed by atoms with Gasteiger partial charge in [-0.1, -0.05) is 0 Å². The third-order valence-electron chi connectivity index (χ3n) is 1.82. The van der Waals surface area contributed by atoms with Crippen LogP contribution < -0.4 is 5.43 Å². The molecule has 0 aliphatic heterocycles. The molecule has 0 bridgehead atoms. The van der Waals surface area contributed by atoms with Gasteiger partial charge < -0.3 is 9.84 Å². The molecule has 1 heterocycles. The standard InChI is InChI=1S/C10H10N2O/c1-11-12-7-8-2-3-10-9(6-8)4-5-13-10/h2-7,11H,1H3. The molecule has 3 heteroatoms. The molecular formula is C10H10N2O. The van der Waals surface area contributed by atoms with Gasteiger partial charge in [-0.15, -0.1) is 0 Å². The van der Waals surface area contributed by atoms with E-state index in [-0.39, 0.29) is 0 Å². The van der Waals surface area contributed by atoms with Crippen LogP contribution in [0.1, 0.15) is 5.56 Å². The summed E-state index contributed by atoms with van der Waals surface area (Å²) in [6.07, 6.45) is 3.45. The highest BCUT2D eigenvalue weighted by molar-refractivity contribution is 5.87. The highest BCUT2D eigenvalue weighted by Gasteiger charge is 1.95. The average molecular weight is 174 g/mol. The fraction of sp³-hybridized carbons (Fsp3) is 0.100. The normalized spacial score (nSPS) is 11.2. The lowest BCUT2D eigenvalue weighted by Gasteiger charge is -1.92. The number of rotatable bonds is 2. The van der Waals surface area contributed by atoms with Gasteiger partial charge in [-0.2, -0.15) is 5.10 Å². The van der Waals surface area contributed by atoms with Gasteiger partial charge in [0.05, 0.1) is 12.5 Å². The summed E-state index contributed by atoms with van der Waals surface area (Å²) in [5.74, 6) is 0. The van der Waals surface area contributed by atoms with Crippen LogP contribution >= 0.6 is 0 Å². The van der Waals surface area contributed by atoms with Crippen molar-refractivity contribution in [2.45, 2.75) is 0 Å². The Kier molecular flexibility index (Phi) is 2.00. The molecule has 0 saturated heterocycles. The minimum absolute atomic E-state index is 0.904. The lowest BCUT2D eigenvalue weighted by atomic mass is 10.2. The molecule has 0 fully saturated rings. The maximum atomic E-state index is 5.22. The maximum Gasteiger partial charge on any atom is 0.133 e. The van der Waals surface area contributed by atoms with Gasteiger partial charge in [-0.05, 0) is 29.8 Å². The van der Waals surface area contributed by atoms with Crippen LogP contribution in [0.25, 0.3) is 11.0 Å². The average Bonchev–Trinajstić information content (AvgIpc) is 2.61. The van der Waals surface area contributed by atoms with Gasteiger partial charge in [-0.3, -0.25) is 0 Å². The number of nitrogens with zero attached hydrogens (tertiary/aromatic N) is 1. The summed E-state index contributed by atoms with van der Waals surface area (Å²) >= 11 is 0. The first-order chi connectivity index (χ1) is 6.40. The zero-order chi connectivity index (χ0) is 9.10. The Labute approximate surface area is 76.1 Å². The fourth-order valence-electron chi connectivity index (χ4n) is 1.20. The van der Waals surface area contributed by atoms with Crippen molar-refractivity contribution < 1.29 is 4.42 Å². The molecule has 1 aromatic heterocycles. The van der Waals surface area contributed by atoms with E-state index in [2.05, 4.69) is 10.5 Å². The Morgan fingerprint density at radius 3 is 3.15 bits per heavy atom. The molecule has 2 aromatic rings. The van der Waals surface area contributed by atoms with Gasteiger partial charge >= 0.3 is 0 Å². The summed E-state index contributed by atoms with van der Waals surface area (Å²) < 4.78 is 5.22. The molecule has 0 saturated carbocycles. The fourth-order valence-corrected chi connectivity index (χ4v) is 1.20. The molecule has 0 spiro atoms. The molecule has 1 N–H and O–H groups in total. The summed E-state index contributed by atoms with van der Waals surface area (Å²) in [4.78, 5) is 0.